The van der Waals surface area contributed by atoms with Crippen molar-refractivity contribution in [3.8, 4) is 11.4 Å². The summed E-state index contributed by atoms with van der Waals surface area (Å²) in [6.45, 7) is 4.23. The van der Waals surface area contributed by atoms with Crippen LogP contribution in [-0.4, -0.2) is 9.38 Å². The summed E-state index contributed by atoms with van der Waals surface area (Å²) in [4.78, 5) is 4.53. The van der Waals surface area contributed by atoms with Crippen LogP contribution in [0.1, 0.15) is 11.1 Å². The maximum Gasteiger partial charge on any atom is 0.144 e. The molecule has 0 aliphatic carbocycles. The van der Waals surface area contributed by atoms with E-state index in [9.17, 15) is 0 Å². The Morgan fingerprint density at radius 2 is 1.94 bits per heavy atom. The van der Waals surface area contributed by atoms with Crippen molar-refractivity contribution < 1.29 is 0 Å². The molecule has 0 spiro atoms. The van der Waals surface area contributed by atoms with Gasteiger partial charge in [0.2, 0.25) is 0 Å². The first-order valence-corrected chi connectivity index (χ1v) is 5.75. The molecule has 0 atom stereocenters. The maximum absolute atomic E-state index is 4.53. The highest BCUT2D eigenvalue weighted by atomic mass is 15.0. The topological polar surface area (TPSA) is 17.3 Å². The monoisotopic (exact) mass is 222 g/mol. The molecule has 0 unspecified atom stereocenters. The number of hydrogen-bond acceptors (Lipinski definition) is 1. The molecule has 0 amide bonds. The number of hydrogen-bond donors (Lipinski definition) is 0. The van der Waals surface area contributed by atoms with E-state index < -0.39 is 0 Å². The number of aryl methyl sites for hydroxylation is 2. The summed E-state index contributed by atoms with van der Waals surface area (Å²) in [6, 6.07) is 12.6. The molecule has 2 heterocycles. The van der Waals surface area contributed by atoms with E-state index >= 15 is 0 Å². The Morgan fingerprint density at radius 3 is 2.82 bits per heavy atom. The van der Waals surface area contributed by atoms with Crippen LogP contribution >= 0.6 is 0 Å². The molecule has 0 saturated carbocycles. The second-order valence-corrected chi connectivity index (χ2v) is 4.40. The zero-order valence-corrected chi connectivity index (χ0v) is 10.0. The third kappa shape index (κ3) is 1.62. The molecule has 0 bridgehead atoms. The number of benzene rings is 1. The number of fused-ring (bicyclic) bond motifs is 1. The van der Waals surface area contributed by atoms with Crippen molar-refractivity contribution in [2.24, 2.45) is 0 Å². The van der Waals surface area contributed by atoms with Crippen LogP contribution in [-0.2, 0) is 0 Å². The molecule has 0 fully saturated rings. The summed E-state index contributed by atoms with van der Waals surface area (Å²) in [5, 5.41) is 0. The Kier molecular flexibility index (Phi) is 2.22. The quantitative estimate of drug-likeness (QED) is 0.614. The standard InChI is InChI=1S/C15H14N2/c1-11-6-7-12(2)14(9-11)15-16-10-13-5-3-4-8-17(13)15/h3-10H,1-2H3. The second-order valence-electron chi connectivity index (χ2n) is 4.40. The number of rotatable bonds is 1. The molecule has 2 aromatic heterocycles. The van der Waals surface area contributed by atoms with Crippen LogP contribution in [0, 0.1) is 13.8 Å². The van der Waals surface area contributed by atoms with E-state index in [0.717, 1.165) is 11.3 Å². The number of aromatic nitrogens is 2. The van der Waals surface area contributed by atoms with Gasteiger partial charge in [-0.15, -0.1) is 0 Å². The first-order valence-electron chi connectivity index (χ1n) is 5.75. The van der Waals surface area contributed by atoms with E-state index in [0.29, 0.717) is 0 Å². The van der Waals surface area contributed by atoms with E-state index in [1.54, 1.807) is 0 Å². The molecule has 84 valence electrons. The van der Waals surface area contributed by atoms with Crippen molar-refractivity contribution in [1.29, 1.82) is 0 Å². The third-order valence-corrected chi connectivity index (χ3v) is 3.07. The lowest BCUT2D eigenvalue weighted by atomic mass is 10.1. The maximum atomic E-state index is 4.53. The van der Waals surface area contributed by atoms with Crippen molar-refractivity contribution in [3.63, 3.8) is 0 Å². The van der Waals surface area contributed by atoms with Gasteiger partial charge in [-0.05, 0) is 37.6 Å². The lowest BCUT2D eigenvalue weighted by Gasteiger charge is -2.06. The highest BCUT2D eigenvalue weighted by molar-refractivity contribution is 5.66. The average molecular weight is 222 g/mol. The van der Waals surface area contributed by atoms with Crippen LogP contribution in [0.25, 0.3) is 16.9 Å². The minimum absolute atomic E-state index is 1.02. The van der Waals surface area contributed by atoms with Crippen molar-refractivity contribution in [2.45, 2.75) is 13.8 Å². The fraction of sp³-hybridized carbons (Fsp3) is 0.133. The molecule has 2 nitrogen and oxygen atoms in total. The lowest BCUT2D eigenvalue weighted by molar-refractivity contribution is 1.15. The largest absolute Gasteiger partial charge is 0.300 e. The van der Waals surface area contributed by atoms with Gasteiger partial charge < -0.3 is 0 Å². The number of imidazole rings is 1. The molecule has 0 radical (unpaired) electrons. The highest BCUT2D eigenvalue weighted by Gasteiger charge is 2.08. The summed E-state index contributed by atoms with van der Waals surface area (Å²) >= 11 is 0. The van der Waals surface area contributed by atoms with Gasteiger partial charge in [0, 0.05) is 11.8 Å². The summed E-state index contributed by atoms with van der Waals surface area (Å²) in [5.41, 5.74) is 4.85. The van der Waals surface area contributed by atoms with E-state index in [1.807, 2.05) is 18.3 Å². The highest BCUT2D eigenvalue weighted by Crippen LogP contribution is 2.24. The second kappa shape index (κ2) is 3.74. The van der Waals surface area contributed by atoms with Crippen molar-refractivity contribution in [2.75, 3.05) is 0 Å². The zero-order chi connectivity index (χ0) is 11.8. The van der Waals surface area contributed by atoms with E-state index in [4.69, 9.17) is 0 Å². The van der Waals surface area contributed by atoms with Crippen LogP contribution in [0.3, 0.4) is 0 Å². The van der Waals surface area contributed by atoms with Gasteiger partial charge in [0.25, 0.3) is 0 Å². The number of pyridine rings is 1. The smallest absolute Gasteiger partial charge is 0.144 e. The van der Waals surface area contributed by atoms with Crippen LogP contribution in [0.5, 0.6) is 0 Å². The fourth-order valence-corrected chi connectivity index (χ4v) is 2.12. The fourth-order valence-electron chi connectivity index (χ4n) is 2.12. The Balaban J connectivity index is 2.31. The van der Waals surface area contributed by atoms with Gasteiger partial charge in [-0.3, -0.25) is 4.40 Å². The van der Waals surface area contributed by atoms with Gasteiger partial charge >= 0.3 is 0 Å². The molecule has 0 saturated heterocycles. The molecular formula is C15H14N2. The lowest BCUT2D eigenvalue weighted by Crippen LogP contribution is -1.91. The normalized spacial score (nSPS) is 10.9. The van der Waals surface area contributed by atoms with E-state index in [1.165, 1.54) is 16.7 Å². The predicted molar refractivity (Wildman–Crippen MR) is 70.1 cm³/mol. The van der Waals surface area contributed by atoms with Crippen LogP contribution < -0.4 is 0 Å². The SMILES string of the molecule is Cc1ccc(C)c(-c2ncc3ccccn23)c1. The van der Waals surface area contributed by atoms with Gasteiger partial charge in [0.1, 0.15) is 5.82 Å². The molecule has 1 aromatic carbocycles. The average Bonchev–Trinajstić information content (AvgIpc) is 2.76. The molecule has 3 aromatic rings. The van der Waals surface area contributed by atoms with Gasteiger partial charge in [-0.1, -0.05) is 23.8 Å². The Labute approximate surface area is 101 Å². The predicted octanol–water partition coefficient (Wildman–Crippen LogP) is 3.62. The van der Waals surface area contributed by atoms with Gasteiger partial charge in [0.05, 0.1) is 11.7 Å². The van der Waals surface area contributed by atoms with Crippen molar-refractivity contribution in [3.05, 3.63) is 59.9 Å². The molecule has 3 rings (SSSR count). The Hall–Kier alpha value is -2.09. The van der Waals surface area contributed by atoms with Crippen LogP contribution in [0.4, 0.5) is 0 Å². The summed E-state index contributed by atoms with van der Waals surface area (Å²) in [6.07, 6.45) is 3.97. The van der Waals surface area contributed by atoms with Crippen LogP contribution in [0.2, 0.25) is 0 Å². The summed E-state index contributed by atoms with van der Waals surface area (Å²) in [7, 11) is 0. The first-order chi connectivity index (χ1) is 8.25. The van der Waals surface area contributed by atoms with E-state index in [-0.39, 0.29) is 0 Å². The Bertz CT molecular complexity index is 680. The molecule has 2 heteroatoms. The third-order valence-electron chi connectivity index (χ3n) is 3.07. The van der Waals surface area contributed by atoms with Gasteiger partial charge in [0.15, 0.2) is 0 Å². The van der Waals surface area contributed by atoms with Crippen molar-refractivity contribution >= 4 is 5.52 Å². The summed E-state index contributed by atoms with van der Waals surface area (Å²) in [5.74, 6) is 1.02. The molecule has 0 N–H and O–H groups in total. The number of nitrogens with zero attached hydrogens (tertiary/aromatic N) is 2. The molecule has 17 heavy (non-hydrogen) atoms. The van der Waals surface area contributed by atoms with Gasteiger partial charge in [-0.2, -0.15) is 0 Å². The van der Waals surface area contributed by atoms with E-state index in [2.05, 4.69) is 53.7 Å². The Morgan fingerprint density at radius 1 is 1.06 bits per heavy atom. The summed E-state index contributed by atoms with van der Waals surface area (Å²) < 4.78 is 2.13. The first kappa shape index (κ1) is 10.1. The van der Waals surface area contributed by atoms with Crippen molar-refractivity contribution in [1.82, 2.24) is 9.38 Å². The molecular weight excluding hydrogens is 208 g/mol. The zero-order valence-electron chi connectivity index (χ0n) is 10.0. The minimum Gasteiger partial charge on any atom is -0.300 e. The van der Waals surface area contributed by atoms with Gasteiger partial charge in [-0.25, -0.2) is 4.98 Å². The molecule has 0 aliphatic rings. The molecule has 0 aliphatic heterocycles. The minimum atomic E-state index is 1.02. The van der Waals surface area contributed by atoms with Crippen LogP contribution in [0.15, 0.2) is 48.8 Å².